The third-order valence-electron chi connectivity index (χ3n) is 4.95. The minimum absolute atomic E-state index is 0.0216. The number of thiazole rings is 1. The first-order valence-corrected chi connectivity index (χ1v) is 10.6. The van der Waals surface area contributed by atoms with Crippen LogP contribution in [0.15, 0.2) is 60.1 Å². The number of benzene rings is 2. The van der Waals surface area contributed by atoms with Gasteiger partial charge in [0.15, 0.2) is 5.13 Å². The zero-order valence-electron chi connectivity index (χ0n) is 16.4. The minimum atomic E-state index is -0.479. The molecule has 2 amide bonds. The molecule has 0 atom stereocenters. The summed E-state index contributed by atoms with van der Waals surface area (Å²) in [7, 11) is 0. The van der Waals surface area contributed by atoms with Crippen LogP contribution >= 0.6 is 11.3 Å². The molecule has 8 heteroatoms. The van der Waals surface area contributed by atoms with E-state index in [1.54, 1.807) is 59.9 Å². The third-order valence-corrected chi connectivity index (χ3v) is 5.78. The highest BCUT2D eigenvalue weighted by Gasteiger charge is 2.21. The van der Waals surface area contributed by atoms with Gasteiger partial charge >= 0.3 is 0 Å². The van der Waals surface area contributed by atoms with Gasteiger partial charge in [0.25, 0.3) is 5.91 Å². The van der Waals surface area contributed by atoms with Gasteiger partial charge in [0.1, 0.15) is 11.5 Å². The van der Waals surface area contributed by atoms with Crippen molar-refractivity contribution in [2.75, 3.05) is 31.1 Å². The normalized spacial score (nSPS) is 14.3. The molecule has 1 aliphatic rings. The number of hydrogen-bond acceptors (Lipinski definition) is 6. The lowest BCUT2D eigenvalue weighted by Crippen LogP contribution is -2.35. The molecule has 30 heavy (non-hydrogen) atoms. The molecule has 4 rings (SSSR count). The lowest BCUT2D eigenvalue weighted by Gasteiger charge is -2.22. The van der Waals surface area contributed by atoms with Gasteiger partial charge < -0.3 is 20.3 Å². The van der Waals surface area contributed by atoms with Gasteiger partial charge in [-0.05, 0) is 55.0 Å². The van der Waals surface area contributed by atoms with Crippen LogP contribution in [0.3, 0.4) is 0 Å². The summed E-state index contributed by atoms with van der Waals surface area (Å²) >= 11 is 1.62. The average molecular weight is 423 g/mol. The van der Waals surface area contributed by atoms with E-state index in [0.29, 0.717) is 29.2 Å². The van der Waals surface area contributed by atoms with Crippen molar-refractivity contribution in [1.29, 1.82) is 0 Å². The molecule has 1 saturated heterocycles. The summed E-state index contributed by atoms with van der Waals surface area (Å²) in [6.45, 7) is 3.08. The fourth-order valence-corrected chi connectivity index (χ4v) is 4.05. The van der Waals surface area contributed by atoms with E-state index in [-0.39, 0.29) is 5.91 Å². The Labute approximate surface area is 178 Å². The first-order valence-electron chi connectivity index (χ1n) is 9.71. The number of anilines is 1. The highest BCUT2D eigenvalue weighted by Crippen LogP contribution is 2.23. The van der Waals surface area contributed by atoms with Crippen LogP contribution in [0.1, 0.15) is 27.1 Å². The van der Waals surface area contributed by atoms with Crippen molar-refractivity contribution in [3.63, 3.8) is 0 Å². The predicted octanol–water partition coefficient (Wildman–Crippen LogP) is 3.39. The number of ether oxygens (including phenoxy) is 1. The van der Waals surface area contributed by atoms with Crippen LogP contribution in [-0.2, 0) is 0 Å². The molecule has 0 bridgehead atoms. The number of amides is 2. The van der Waals surface area contributed by atoms with Gasteiger partial charge in [0.05, 0.1) is 0 Å². The molecule has 2 aromatic carbocycles. The number of nitrogens with two attached hydrogens (primary N) is 1. The highest BCUT2D eigenvalue weighted by molar-refractivity contribution is 7.13. The summed E-state index contributed by atoms with van der Waals surface area (Å²) in [6, 6.07) is 13.7. The molecule has 0 aliphatic carbocycles. The Kier molecular flexibility index (Phi) is 5.94. The molecule has 2 N–H and O–H groups in total. The van der Waals surface area contributed by atoms with Gasteiger partial charge in [0, 0.05) is 48.9 Å². The molecule has 1 fully saturated rings. The van der Waals surface area contributed by atoms with Crippen molar-refractivity contribution >= 4 is 28.3 Å². The van der Waals surface area contributed by atoms with E-state index in [9.17, 15) is 9.59 Å². The van der Waals surface area contributed by atoms with Crippen molar-refractivity contribution in [2.24, 2.45) is 5.73 Å². The van der Waals surface area contributed by atoms with Crippen molar-refractivity contribution in [3.05, 3.63) is 71.2 Å². The maximum absolute atomic E-state index is 12.9. The van der Waals surface area contributed by atoms with E-state index in [1.807, 2.05) is 16.5 Å². The van der Waals surface area contributed by atoms with Crippen LogP contribution in [-0.4, -0.2) is 47.9 Å². The van der Waals surface area contributed by atoms with Gasteiger partial charge in [-0.3, -0.25) is 9.59 Å². The number of aromatic nitrogens is 1. The number of hydrogen-bond donors (Lipinski definition) is 1. The van der Waals surface area contributed by atoms with Crippen LogP contribution in [0.4, 0.5) is 5.13 Å². The molecule has 3 aromatic rings. The van der Waals surface area contributed by atoms with Crippen LogP contribution in [0, 0.1) is 0 Å². The van der Waals surface area contributed by atoms with Crippen LogP contribution in [0.25, 0.3) is 0 Å². The highest BCUT2D eigenvalue weighted by atomic mass is 32.1. The summed E-state index contributed by atoms with van der Waals surface area (Å²) in [5.41, 5.74) is 6.30. The lowest BCUT2D eigenvalue weighted by molar-refractivity contribution is 0.0766. The van der Waals surface area contributed by atoms with Gasteiger partial charge in [-0.2, -0.15) is 0 Å². The van der Waals surface area contributed by atoms with Crippen molar-refractivity contribution in [3.8, 4) is 11.5 Å². The first kappa shape index (κ1) is 19.9. The SMILES string of the molecule is NC(=O)c1ccc(Oc2ccc(C(=O)N3CCCN(c4nccs4)CC3)cc2)cc1. The number of carbonyl (C=O) groups excluding carboxylic acids is 2. The van der Waals surface area contributed by atoms with Gasteiger partial charge in [0.2, 0.25) is 5.91 Å². The Morgan fingerprint density at radius 2 is 1.57 bits per heavy atom. The lowest BCUT2D eigenvalue weighted by atomic mass is 10.2. The molecular formula is C22H22N4O3S. The number of rotatable bonds is 5. The quantitative estimate of drug-likeness (QED) is 0.681. The molecule has 1 aliphatic heterocycles. The van der Waals surface area contributed by atoms with E-state index in [0.717, 1.165) is 31.2 Å². The maximum Gasteiger partial charge on any atom is 0.253 e. The molecule has 1 aromatic heterocycles. The fourth-order valence-electron chi connectivity index (χ4n) is 3.36. The molecule has 0 saturated carbocycles. The standard InChI is InChI=1S/C22H22N4O3S/c23-20(27)16-2-6-18(7-3-16)29-19-8-4-17(5-9-19)21(28)25-11-1-12-26(14-13-25)22-24-10-15-30-22/h2-10,15H,1,11-14H2,(H2,23,27). The summed E-state index contributed by atoms with van der Waals surface area (Å²) in [5.74, 6) is 0.749. The summed E-state index contributed by atoms with van der Waals surface area (Å²) < 4.78 is 5.78. The van der Waals surface area contributed by atoms with Crippen LogP contribution in [0.5, 0.6) is 11.5 Å². The van der Waals surface area contributed by atoms with Crippen molar-refractivity contribution in [2.45, 2.75) is 6.42 Å². The minimum Gasteiger partial charge on any atom is -0.457 e. The average Bonchev–Trinajstić information content (AvgIpc) is 3.19. The van der Waals surface area contributed by atoms with Crippen molar-refractivity contribution < 1.29 is 14.3 Å². The Hall–Kier alpha value is -3.39. The Balaban J connectivity index is 1.37. The second-order valence-electron chi connectivity index (χ2n) is 6.96. The smallest absolute Gasteiger partial charge is 0.253 e. The van der Waals surface area contributed by atoms with E-state index < -0.39 is 5.91 Å². The summed E-state index contributed by atoms with van der Waals surface area (Å²) in [6.07, 6.45) is 2.72. The second-order valence-corrected chi connectivity index (χ2v) is 7.84. The zero-order chi connectivity index (χ0) is 20.9. The first-order chi connectivity index (χ1) is 14.6. The third kappa shape index (κ3) is 4.60. The molecule has 154 valence electrons. The van der Waals surface area contributed by atoms with Crippen LogP contribution < -0.4 is 15.4 Å². The summed E-state index contributed by atoms with van der Waals surface area (Å²) in [5, 5.41) is 2.98. The Morgan fingerprint density at radius 1 is 0.900 bits per heavy atom. The van der Waals surface area contributed by atoms with E-state index in [2.05, 4.69) is 9.88 Å². The van der Waals surface area contributed by atoms with Crippen LogP contribution in [0.2, 0.25) is 0 Å². The maximum atomic E-state index is 12.9. The topological polar surface area (TPSA) is 88.8 Å². The molecule has 7 nitrogen and oxygen atoms in total. The second kappa shape index (κ2) is 8.96. The number of nitrogens with zero attached hydrogens (tertiary/aromatic N) is 3. The Bertz CT molecular complexity index is 1000. The zero-order valence-corrected chi connectivity index (χ0v) is 17.2. The van der Waals surface area contributed by atoms with E-state index in [4.69, 9.17) is 10.5 Å². The molecule has 0 unspecified atom stereocenters. The monoisotopic (exact) mass is 422 g/mol. The number of carbonyl (C=O) groups is 2. The molecular weight excluding hydrogens is 400 g/mol. The van der Waals surface area contributed by atoms with Crippen molar-refractivity contribution in [1.82, 2.24) is 9.88 Å². The van der Waals surface area contributed by atoms with Gasteiger partial charge in [-0.1, -0.05) is 0 Å². The van der Waals surface area contributed by atoms with Gasteiger partial charge in [-0.15, -0.1) is 11.3 Å². The molecule has 0 radical (unpaired) electrons. The fraction of sp³-hybridized carbons (Fsp3) is 0.227. The predicted molar refractivity (Wildman–Crippen MR) is 116 cm³/mol. The van der Waals surface area contributed by atoms with E-state index in [1.165, 1.54) is 0 Å². The van der Waals surface area contributed by atoms with E-state index >= 15 is 0 Å². The Morgan fingerprint density at radius 3 is 2.17 bits per heavy atom. The summed E-state index contributed by atoms with van der Waals surface area (Å²) in [4.78, 5) is 32.6. The number of primary amides is 1. The molecule has 2 heterocycles. The molecule has 0 spiro atoms. The van der Waals surface area contributed by atoms with Gasteiger partial charge in [-0.25, -0.2) is 4.98 Å². The largest absolute Gasteiger partial charge is 0.457 e.